The third kappa shape index (κ3) is 5.55. The van der Waals surface area contributed by atoms with Gasteiger partial charge >= 0.3 is 0 Å². The fourth-order valence-corrected chi connectivity index (χ4v) is 1.73. The number of carbonyl (C=O) groups is 1. The molecule has 1 aromatic carbocycles. The van der Waals surface area contributed by atoms with Crippen LogP contribution < -0.4 is 5.32 Å². The molecule has 0 radical (unpaired) electrons. The van der Waals surface area contributed by atoms with Gasteiger partial charge in [-0.2, -0.15) is 0 Å². The molecule has 0 bridgehead atoms. The molecule has 0 spiro atoms. The van der Waals surface area contributed by atoms with Crippen molar-refractivity contribution in [1.82, 2.24) is 5.32 Å². The Morgan fingerprint density at radius 2 is 2.25 bits per heavy atom. The number of hydrogen-bond acceptors (Lipinski definition) is 3. The fourth-order valence-electron chi connectivity index (χ4n) is 1.41. The minimum atomic E-state index is -0.954. The molecule has 108 valence electrons. The van der Waals surface area contributed by atoms with Gasteiger partial charge in [0.25, 0.3) is 5.91 Å². The summed E-state index contributed by atoms with van der Waals surface area (Å²) < 4.78 is 11.2. The summed E-state index contributed by atoms with van der Waals surface area (Å²) in [7, 11) is -0.954. The zero-order valence-electron chi connectivity index (χ0n) is 11.7. The molecule has 0 aromatic heterocycles. The van der Waals surface area contributed by atoms with E-state index in [-0.39, 0.29) is 17.8 Å². The van der Waals surface area contributed by atoms with Crippen LogP contribution in [0.2, 0.25) is 0 Å². The van der Waals surface area contributed by atoms with Gasteiger partial charge in [0.1, 0.15) is 0 Å². The normalized spacial score (nSPS) is 12.9. The number of carbonyl (C=O) groups excluding carboxylic acids is 1. The number of amides is 1. The van der Waals surface area contributed by atoms with Crippen molar-refractivity contribution in [2.75, 3.05) is 19.4 Å². The van der Waals surface area contributed by atoms with Crippen LogP contribution in [0.5, 0.6) is 0 Å². The first-order valence-corrected chi connectivity index (χ1v) is 7.97. The van der Waals surface area contributed by atoms with E-state index in [0.717, 1.165) is 5.56 Å². The summed E-state index contributed by atoms with van der Waals surface area (Å²) in [5.41, 5.74) is 1.26. The number of nitrogens with one attached hydrogen (secondary N) is 1. The number of aliphatic hydroxyl groups is 1. The third-order valence-corrected chi connectivity index (χ3v) is 4.01. The summed E-state index contributed by atoms with van der Waals surface area (Å²) in [5.74, 6) is 5.50. The van der Waals surface area contributed by atoms with Crippen molar-refractivity contribution in [2.24, 2.45) is 0 Å². The predicted octanol–water partition coefficient (Wildman–Crippen LogP) is 0.917. The second-order valence-electron chi connectivity index (χ2n) is 4.38. The van der Waals surface area contributed by atoms with Crippen LogP contribution in [0.1, 0.15) is 29.3 Å². The fraction of sp³-hybridized carbons (Fsp3) is 0.400. The highest BCUT2D eigenvalue weighted by atomic mass is 32.2. The summed E-state index contributed by atoms with van der Waals surface area (Å²) >= 11 is 0. The van der Waals surface area contributed by atoms with Gasteiger partial charge in [-0.15, -0.1) is 0 Å². The van der Waals surface area contributed by atoms with Crippen LogP contribution in [0, 0.1) is 11.8 Å². The highest BCUT2D eigenvalue weighted by molar-refractivity contribution is 7.84. The molecule has 1 amide bonds. The minimum absolute atomic E-state index is 0.0270. The van der Waals surface area contributed by atoms with Crippen molar-refractivity contribution < 1.29 is 14.1 Å². The van der Waals surface area contributed by atoms with E-state index in [4.69, 9.17) is 5.11 Å². The first-order chi connectivity index (χ1) is 9.54. The maximum Gasteiger partial charge on any atom is 0.251 e. The lowest BCUT2D eigenvalue weighted by Gasteiger charge is -2.10. The molecule has 0 saturated heterocycles. The van der Waals surface area contributed by atoms with E-state index >= 15 is 0 Å². The number of aliphatic hydroxyl groups excluding tert-OH is 1. The van der Waals surface area contributed by atoms with E-state index in [1.165, 1.54) is 0 Å². The quantitative estimate of drug-likeness (QED) is 0.793. The molecule has 0 aliphatic heterocycles. The Hall–Kier alpha value is -1.64. The van der Waals surface area contributed by atoms with Gasteiger partial charge in [-0.25, -0.2) is 0 Å². The minimum Gasteiger partial charge on any atom is -0.395 e. The van der Waals surface area contributed by atoms with Crippen LogP contribution in [0.3, 0.4) is 0 Å². The summed E-state index contributed by atoms with van der Waals surface area (Å²) in [5, 5.41) is 11.3. The number of hydrogen-bond donors (Lipinski definition) is 2. The maximum atomic E-state index is 12.0. The molecule has 20 heavy (non-hydrogen) atoms. The zero-order valence-corrected chi connectivity index (χ0v) is 12.5. The van der Waals surface area contributed by atoms with Crippen LogP contribution in [0.15, 0.2) is 24.3 Å². The lowest BCUT2D eigenvalue weighted by molar-refractivity contribution is 0.0954. The monoisotopic (exact) mass is 293 g/mol. The molecule has 2 atom stereocenters. The Morgan fingerprint density at radius 3 is 2.90 bits per heavy atom. The molecule has 0 fully saturated rings. The molecule has 2 N–H and O–H groups in total. The van der Waals surface area contributed by atoms with E-state index in [0.29, 0.717) is 18.5 Å². The van der Waals surface area contributed by atoms with Crippen LogP contribution in [-0.2, 0) is 10.8 Å². The summed E-state index contributed by atoms with van der Waals surface area (Å²) in [6.45, 7) is 2.23. The molecule has 0 heterocycles. The van der Waals surface area contributed by atoms with Crippen LogP contribution in [0.4, 0.5) is 0 Å². The Bertz CT molecular complexity index is 546. The highest BCUT2D eigenvalue weighted by Gasteiger charge is 2.10. The molecule has 2 unspecified atom stereocenters. The highest BCUT2D eigenvalue weighted by Crippen LogP contribution is 2.04. The van der Waals surface area contributed by atoms with Gasteiger partial charge in [-0.1, -0.05) is 17.9 Å². The second kappa shape index (κ2) is 8.51. The molecule has 5 heteroatoms. The summed E-state index contributed by atoms with van der Waals surface area (Å²) in [6, 6.07) is 6.98. The molecule has 0 saturated carbocycles. The Morgan fingerprint density at radius 1 is 1.50 bits per heavy atom. The molecule has 0 aliphatic carbocycles. The van der Waals surface area contributed by atoms with Crippen LogP contribution >= 0.6 is 0 Å². The second-order valence-corrected chi connectivity index (χ2v) is 6.18. The average Bonchev–Trinajstić information content (AvgIpc) is 2.44. The van der Waals surface area contributed by atoms with Crippen LogP contribution in [-0.4, -0.2) is 39.9 Å². The predicted molar refractivity (Wildman–Crippen MR) is 80.9 cm³/mol. The van der Waals surface area contributed by atoms with Crippen molar-refractivity contribution in [3.8, 4) is 11.8 Å². The van der Waals surface area contributed by atoms with Crippen LogP contribution in [0.25, 0.3) is 0 Å². The summed E-state index contributed by atoms with van der Waals surface area (Å²) in [6.07, 6.45) is 2.03. The molecular formula is C15H19NO3S. The largest absolute Gasteiger partial charge is 0.395 e. The SMILES string of the molecule is CC(CNC(=O)c1cccc(C#CCCO)c1)S(C)=O. The number of rotatable bonds is 5. The first-order valence-electron chi connectivity index (χ1n) is 6.35. The van der Waals surface area contributed by atoms with Crippen molar-refractivity contribution in [2.45, 2.75) is 18.6 Å². The molecule has 4 nitrogen and oxygen atoms in total. The molecule has 1 rings (SSSR count). The Kier molecular flexibility index (Phi) is 6.99. The van der Waals surface area contributed by atoms with Gasteiger partial charge in [-0.05, 0) is 25.1 Å². The van der Waals surface area contributed by atoms with E-state index in [1.54, 1.807) is 24.5 Å². The molecular weight excluding hydrogens is 274 g/mol. The summed E-state index contributed by atoms with van der Waals surface area (Å²) in [4.78, 5) is 12.0. The topological polar surface area (TPSA) is 66.4 Å². The Labute approximate surface area is 122 Å². The smallest absolute Gasteiger partial charge is 0.251 e. The van der Waals surface area contributed by atoms with Gasteiger partial charge in [-0.3, -0.25) is 9.00 Å². The third-order valence-electron chi connectivity index (χ3n) is 2.71. The van der Waals surface area contributed by atoms with E-state index in [2.05, 4.69) is 17.2 Å². The zero-order chi connectivity index (χ0) is 15.0. The maximum absolute atomic E-state index is 12.0. The van der Waals surface area contributed by atoms with E-state index in [9.17, 15) is 9.00 Å². The van der Waals surface area contributed by atoms with Gasteiger partial charge in [0.2, 0.25) is 0 Å². The van der Waals surface area contributed by atoms with E-state index < -0.39 is 10.8 Å². The molecule has 1 aromatic rings. The van der Waals surface area contributed by atoms with Crippen molar-refractivity contribution in [1.29, 1.82) is 0 Å². The number of benzene rings is 1. The Balaban J connectivity index is 2.67. The van der Waals surface area contributed by atoms with Gasteiger partial charge in [0.15, 0.2) is 0 Å². The standard InChI is InChI=1S/C15H19NO3S/c1-12(20(2)19)11-16-15(18)14-8-5-7-13(10-14)6-3-4-9-17/h5,7-8,10,12,17H,4,9,11H2,1-2H3,(H,16,18). The van der Waals surface area contributed by atoms with E-state index in [1.807, 2.05) is 13.0 Å². The average molecular weight is 293 g/mol. The first kappa shape index (κ1) is 16.4. The lowest BCUT2D eigenvalue weighted by Crippen LogP contribution is -2.32. The van der Waals surface area contributed by atoms with Crippen molar-refractivity contribution in [3.63, 3.8) is 0 Å². The lowest BCUT2D eigenvalue weighted by atomic mass is 10.1. The van der Waals surface area contributed by atoms with Crippen molar-refractivity contribution in [3.05, 3.63) is 35.4 Å². The van der Waals surface area contributed by atoms with Gasteiger partial charge in [0.05, 0.1) is 6.61 Å². The molecule has 0 aliphatic rings. The van der Waals surface area contributed by atoms with Gasteiger partial charge < -0.3 is 10.4 Å². The van der Waals surface area contributed by atoms with Gasteiger partial charge in [0, 0.05) is 46.4 Å². The van der Waals surface area contributed by atoms with Crippen molar-refractivity contribution >= 4 is 16.7 Å².